The molecular formula is C10H9FN4O. The number of nitrogens with zero attached hydrogens (tertiary/aromatic N) is 2. The molecule has 0 fully saturated rings. The third-order valence-corrected chi connectivity index (χ3v) is 2.11. The van der Waals surface area contributed by atoms with Gasteiger partial charge in [-0.1, -0.05) is 12.1 Å². The molecule has 2 rings (SSSR count). The molecule has 16 heavy (non-hydrogen) atoms. The van der Waals surface area contributed by atoms with Crippen LogP contribution in [0.4, 0.5) is 10.2 Å². The number of halogens is 1. The molecule has 1 heterocycles. The Morgan fingerprint density at radius 3 is 2.62 bits per heavy atom. The lowest BCUT2D eigenvalue weighted by Gasteiger charge is -2.01. The topological polar surface area (TPSA) is 86.9 Å². The molecule has 2 aromatic rings. The number of carbonyl (C=O) groups is 1. The quantitative estimate of drug-likeness (QED) is 0.780. The molecule has 0 saturated heterocycles. The Balaban J connectivity index is 2.54. The number of hydrogen-bond donors (Lipinski definition) is 2. The zero-order valence-corrected chi connectivity index (χ0v) is 8.22. The summed E-state index contributed by atoms with van der Waals surface area (Å²) in [6, 6.07) is 6.02. The summed E-state index contributed by atoms with van der Waals surface area (Å²) in [5.74, 6) is -1.17. The van der Waals surface area contributed by atoms with Gasteiger partial charge in [-0.2, -0.15) is 0 Å². The highest BCUT2D eigenvalue weighted by Crippen LogP contribution is 2.15. The van der Waals surface area contributed by atoms with Crippen molar-refractivity contribution in [3.63, 3.8) is 0 Å². The van der Waals surface area contributed by atoms with Crippen LogP contribution < -0.4 is 11.5 Å². The van der Waals surface area contributed by atoms with Gasteiger partial charge in [0.2, 0.25) is 0 Å². The van der Waals surface area contributed by atoms with Gasteiger partial charge in [0.1, 0.15) is 17.1 Å². The zero-order chi connectivity index (χ0) is 11.7. The summed E-state index contributed by atoms with van der Waals surface area (Å²) in [6.07, 6.45) is 1.30. The van der Waals surface area contributed by atoms with Crippen molar-refractivity contribution >= 4 is 11.7 Å². The predicted octanol–water partition coefficient (Wildman–Crippen LogP) is 0.693. The SMILES string of the molecule is NC(=O)c1cn(-c2ccccc2F)nc1N. The molecule has 0 atom stereocenters. The molecule has 0 aliphatic rings. The fourth-order valence-corrected chi connectivity index (χ4v) is 1.34. The van der Waals surface area contributed by atoms with Gasteiger partial charge in [0.05, 0.1) is 0 Å². The lowest BCUT2D eigenvalue weighted by atomic mass is 10.3. The number of rotatable bonds is 2. The molecule has 82 valence electrons. The van der Waals surface area contributed by atoms with Crippen LogP contribution in [0.5, 0.6) is 0 Å². The van der Waals surface area contributed by atoms with E-state index in [1.807, 2.05) is 0 Å². The number of nitrogen functional groups attached to an aromatic ring is 1. The van der Waals surface area contributed by atoms with Crippen molar-refractivity contribution in [2.24, 2.45) is 5.73 Å². The van der Waals surface area contributed by atoms with Gasteiger partial charge in [-0.05, 0) is 12.1 Å². The Bertz CT molecular complexity index is 550. The van der Waals surface area contributed by atoms with Crippen molar-refractivity contribution < 1.29 is 9.18 Å². The standard InChI is InChI=1S/C10H9FN4O/c11-7-3-1-2-4-8(7)15-5-6(10(13)16)9(12)14-15/h1-5H,(H2,12,14)(H2,13,16). The largest absolute Gasteiger partial charge is 0.382 e. The van der Waals surface area contributed by atoms with Gasteiger partial charge >= 0.3 is 0 Å². The lowest BCUT2D eigenvalue weighted by Crippen LogP contribution is -2.11. The van der Waals surface area contributed by atoms with Gasteiger partial charge in [-0.15, -0.1) is 5.10 Å². The molecule has 0 bridgehead atoms. The second-order valence-corrected chi connectivity index (χ2v) is 3.19. The van der Waals surface area contributed by atoms with Crippen LogP contribution in [0.15, 0.2) is 30.5 Å². The van der Waals surface area contributed by atoms with E-state index in [2.05, 4.69) is 5.10 Å². The molecule has 0 aliphatic heterocycles. The Labute approximate surface area is 90.5 Å². The van der Waals surface area contributed by atoms with Crippen molar-refractivity contribution in [2.45, 2.75) is 0 Å². The van der Waals surface area contributed by atoms with Gasteiger partial charge in [0.25, 0.3) is 5.91 Å². The molecule has 0 saturated carbocycles. The lowest BCUT2D eigenvalue weighted by molar-refractivity contribution is 0.100. The Morgan fingerprint density at radius 1 is 1.38 bits per heavy atom. The first-order valence-electron chi connectivity index (χ1n) is 4.49. The molecule has 0 radical (unpaired) electrons. The maximum Gasteiger partial charge on any atom is 0.254 e. The van der Waals surface area contributed by atoms with Crippen LogP contribution in [0.2, 0.25) is 0 Å². The maximum atomic E-state index is 13.4. The number of anilines is 1. The van der Waals surface area contributed by atoms with Crippen LogP contribution >= 0.6 is 0 Å². The maximum absolute atomic E-state index is 13.4. The van der Waals surface area contributed by atoms with E-state index in [-0.39, 0.29) is 17.1 Å². The zero-order valence-electron chi connectivity index (χ0n) is 8.22. The Kier molecular flexibility index (Phi) is 2.32. The predicted molar refractivity (Wildman–Crippen MR) is 56.5 cm³/mol. The van der Waals surface area contributed by atoms with Crippen LogP contribution in [-0.2, 0) is 0 Å². The molecule has 0 spiro atoms. The van der Waals surface area contributed by atoms with E-state index in [0.29, 0.717) is 0 Å². The normalized spacial score (nSPS) is 10.3. The van der Waals surface area contributed by atoms with Crippen LogP contribution in [-0.4, -0.2) is 15.7 Å². The highest BCUT2D eigenvalue weighted by molar-refractivity contribution is 5.96. The van der Waals surface area contributed by atoms with E-state index >= 15 is 0 Å². The number of para-hydroxylation sites is 1. The molecule has 6 heteroatoms. The van der Waals surface area contributed by atoms with E-state index in [1.54, 1.807) is 12.1 Å². The van der Waals surface area contributed by atoms with Crippen LogP contribution in [0, 0.1) is 5.82 Å². The van der Waals surface area contributed by atoms with E-state index in [1.165, 1.54) is 23.0 Å². The minimum absolute atomic E-state index is 0.0178. The first kappa shape index (κ1) is 10.2. The van der Waals surface area contributed by atoms with Gasteiger partial charge < -0.3 is 11.5 Å². The third kappa shape index (κ3) is 1.60. The summed E-state index contributed by atoms with van der Waals surface area (Å²) >= 11 is 0. The average Bonchev–Trinajstić information content (AvgIpc) is 2.61. The second kappa shape index (κ2) is 3.65. The Morgan fingerprint density at radius 2 is 2.06 bits per heavy atom. The van der Waals surface area contributed by atoms with Crippen molar-refractivity contribution in [3.05, 3.63) is 41.8 Å². The summed E-state index contributed by atoms with van der Waals surface area (Å²) in [4.78, 5) is 10.9. The van der Waals surface area contributed by atoms with Gasteiger partial charge in [0.15, 0.2) is 5.82 Å². The summed E-state index contributed by atoms with van der Waals surface area (Å²) in [5, 5.41) is 3.82. The minimum Gasteiger partial charge on any atom is -0.382 e. The number of aromatic nitrogens is 2. The fraction of sp³-hybridized carbons (Fsp3) is 0. The average molecular weight is 220 g/mol. The molecular weight excluding hydrogens is 211 g/mol. The van der Waals surface area contributed by atoms with Crippen molar-refractivity contribution in [2.75, 3.05) is 5.73 Å². The smallest absolute Gasteiger partial charge is 0.254 e. The van der Waals surface area contributed by atoms with Crippen LogP contribution in [0.3, 0.4) is 0 Å². The van der Waals surface area contributed by atoms with Gasteiger partial charge in [-0.3, -0.25) is 4.79 Å². The number of carbonyl (C=O) groups excluding carboxylic acids is 1. The highest BCUT2D eigenvalue weighted by Gasteiger charge is 2.13. The van der Waals surface area contributed by atoms with Crippen LogP contribution in [0.25, 0.3) is 5.69 Å². The molecule has 1 aromatic heterocycles. The number of hydrogen-bond acceptors (Lipinski definition) is 3. The molecule has 1 aromatic carbocycles. The molecule has 4 N–H and O–H groups in total. The number of primary amides is 1. The number of benzene rings is 1. The fourth-order valence-electron chi connectivity index (χ4n) is 1.34. The van der Waals surface area contributed by atoms with E-state index < -0.39 is 11.7 Å². The minimum atomic E-state index is -0.694. The first-order valence-corrected chi connectivity index (χ1v) is 4.49. The summed E-state index contributed by atoms with van der Waals surface area (Å²) < 4.78 is 14.6. The summed E-state index contributed by atoms with van der Waals surface area (Å²) in [7, 11) is 0. The number of nitrogens with two attached hydrogens (primary N) is 2. The Hall–Kier alpha value is -2.37. The monoisotopic (exact) mass is 220 g/mol. The van der Waals surface area contributed by atoms with Gasteiger partial charge in [-0.25, -0.2) is 9.07 Å². The van der Waals surface area contributed by atoms with E-state index in [4.69, 9.17) is 11.5 Å². The van der Waals surface area contributed by atoms with Crippen molar-refractivity contribution in [3.8, 4) is 5.69 Å². The molecule has 0 aliphatic carbocycles. The molecule has 1 amide bonds. The second-order valence-electron chi connectivity index (χ2n) is 3.19. The molecule has 5 nitrogen and oxygen atoms in total. The third-order valence-electron chi connectivity index (χ3n) is 2.11. The van der Waals surface area contributed by atoms with E-state index in [0.717, 1.165) is 0 Å². The molecule has 0 unspecified atom stereocenters. The highest BCUT2D eigenvalue weighted by atomic mass is 19.1. The number of amides is 1. The van der Waals surface area contributed by atoms with Crippen LogP contribution in [0.1, 0.15) is 10.4 Å². The first-order chi connectivity index (χ1) is 7.59. The summed E-state index contributed by atoms with van der Waals surface area (Å²) in [6.45, 7) is 0. The van der Waals surface area contributed by atoms with Gasteiger partial charge in [0, 0.05) is 6.20 Å². The van der Waals surface area contributed by atoms with E-state index in [9.17, 15) is 9.18 Å². The van der Waals surface area contributed by atoms with Crippen molar-refractivity contribution in [1.82, 2.24) is 9.78 Å². The van der Waals surface area contributed by atoms with Crippen molar-refractivity contribution in [1.29, 1.82) is 0 Å². The summed E-state index contributed by atoms with van der Waals surface area (Å²) in [5.41, 5.74) is 10.8.